The van der Waals surface area contributed by atoms with Crippen LogP contribution in [0.25, 0.3) is 0 Å². The predicted molar refractivity (Wildman–Crippen MR) is 80.1 cm³/mol. The van der Waals surface area contributed by atoms with E-state index >= 15 is 0 Å². The van der Waals surface area contributed by atoms with Gasteiger partial charge in [-0.1, -0.05) is 47.0 Å². The number of rotatable bonds is 2. The summed E-state index contributed by atoms with van der Waals surface area (Å²) < 4.78 is 0. The molecular formula is C15H13Cl3. The average Bonchev–Trinajstić information content (AvgIpc) is 2.34. The van der Waals surface area contributed by atoms with Crippen molar-refractivity contribution < 1.29 is 0 Å². The summed E-state index contributed by atoms with van der Waals surface area (Å²) in [6.45, 7) is 4.09. The molecule has 2 aromatic rings. The number of benzene rings is 2. The van der Waals surface area contributed by atoms with Gasteiger partial charge >= 0.3 is 0 Å². The molecule has 0 aliphatic carbocycles. The molecule has 0 aliphatic rings. The molecule has 0 heterocycles. The lowest BCUT2D eigenvalue weighted by Crippen LogP contribution is -1.98. The molecule has 0 saturated carbocycles. The first-order valence-electron chi connectivity index (χ1n) is 5.65. The molecule has 0 radical (unpaired) electrons. The SMILES string of the molecule is Cc1ccc(C)c(C(Cl)c2cc(Cl)ccc2Cl)c1. The van der Waals surface area contributed by atoms with Gasteiger partial charge in [0, 0.05) is 10.0 Å². The van der Waals surface area contributed by atoms with Gasteiger partial charge in [-0.2, -0.15) is 0 Å². The highest BCUT2D eigenvalue weighted by Gasteiger charge is 2.16. The molecule has 94 valence electrons. The van der Waals surface area contributed by atoms with Crippen LogP contribution in [0, 0.1) is 13.8 Å². The van der Waals surface area contributed by atoms with Gasteiger partial charge in [-0.15, -0.1) is 11.6 Å². The van der Waals surface area contributed by atoms with Gasteiger partial charge in [0.15, 0.2) is 0 Å². The third-order valence-corrected chi connectivity index (χ3v) is 3.99. The first-order valence-corrected chi connectivity index (χ1v) is 6.84. The third kappa shape index (κ3) is 2.83. The summed E-state index contributed by atoms with van der Waals surface area (Å²) in [5.74, 6) is 0. The largest absolute Gasteiger partial charge is 0.113 e. The highest BCUT2D eigenvalue weighted by molar-refractivity contribution is 6.35. The van der Waals surface area contributed by atoms with Crippen LogP contribution in [0.5, 0.6) is 0 Å². The molecule has 0 nitrogen and oxygen atoms in total. The van der Waals surface area contributed by atoms with E-state index in [9.17, 15) is 0 Å². The minimum Gasteiger partial charge on any atom is -0.113 e. The maximum absolute atomic E-state index is 6.54. The summed E-state index contributed by atoms with van der Waals surface area (Å²) >= 11 is 18.7. The zero-order valence-corrected chi connectivity index (χ0v) is 12.4. The van der Waals surface area contributed by atoms with Crippen LogP contribution in [0.4, 0.5) is 0 Å². The zero-order valence-electron chi connectivity index (χ0n) is 10.2. The molecule has 0 N–H and O–H groups in total. The fourth-order valence-electron chi connectivity index (χ4n) is 1.91. The first-order chi connectivity index (χ1) is 8.49. The Morgan fingerprint density at radius 2 is 1.61 bits per heavy atom. The van der Waals surface area contributed by atoms with Crippen molar-refractivity contribution in [3.05, 3.63) is 68.7 Å². The first kappa shape index (κ1) is 13.7. The second kappa shape index (κ2) is 5.52. The molecule has 0 bridgehead atoms. The van der Waals surface area contributed by atoms with Gasteiger partial charge in [-0.05, 0) is 48.7 Å². The smallest absolute Gasteiger partial charge is 0.0852 e. The lowest BCUT2D eigenvalue weighted by Gasteiger charge is -2.15. The maximum Gasteiger partial charge on any atom is 0.0852 e. The lowest BCUT2D eigenvalue weighted by molar-refractivity contribution is 1.10. The van der Waals surface area contributed by atoms with E-state index in [-0.39, 0.29) is 5.38 Å². The summed E-state index contributed by atoms with van der Waals surface area (Å²) in [4.78, 5) is 0. The van der Waals surface area contributed by atoms with Gasteiger partial charge < -0.3 is 0 Å². The third-order valence-electron chi connectivity index (χ3n) is 2.94. The Hall–Kier alpha value is -0.690. The molecule has 0 spiro atoms. The van der Waals surface area contributed by atoms with Crippen molar-refractivity contribution in [2.75, 3.05) is 0 Å². The van der Waals surface area contributed by atoms with Crippen LogP contribution < -0.4 is 0 Å². The molecule has 1 atom stereocenters. The molecule has 0 fully saturated rings. The Labute approximate surface area is 122 Å². The van der Waals surface area contributed by atoms with Gasteiger partial charge in [-0.3, -0.25) is 0 Å². The van der Waals surface area contributed by atoms with Crippen molar-refractivity contribution >= 4 is 34.8 Å². The monoisotopic (exact) mass is 298 g/mol. The Balaban J connectivity index is 2.50. The van der Waals surface area contributed by atoms with Crippen LogP contribution in [-0.2, 0) is 0 Å². The van der Waals surface area contributed by atoms with Gasteiger partial charge in [0.25, 0.3) is 0 Å². The number of hydrogen-bond acceptors (Lipinski definition) is 0. The van der Waals surface area contributed by atoms with E-state index in [0.29, 0.717) is 10.0 Å². The van der Waals surface area contributed by atoms with Crippen LogP contribution in [0.1, 0.15) is 27.6 Å². The van der Waals surface area contributed by atoms with Crippen molar-refractivity contribution in [2.24, 2.45) is 0 Å². The second-order valence-electron chi connectivity index (χ2n) is 4.39. The molecule has 18 heavy (non-hydrogen) atoms. The van der Waals surface area contributed by atoms with Crippen LogP contribution >= 0.6 is 34.8 Å². The highest BCUT2D eigenvalue weighted by atomic mass is 35.5. The topological polar surface area (TPSA) is 0 Å². The van der Waals surface area contributed by atoms with Gasteiger partial charge in [0.1, 0.15) is 0 Å². The number of halogens is 3. The van der Waals surface area contributed by atoms with E-state index in [4.69, 9.17) is 34.8 Å². The van der Waals surface area contributed by atoms with E-state index in [1.54, 1.807) is 12.1 Å². The lowest BCUT2D eigenvalue weighted by atomic mass is 9.98. The van der Waals surface area contributed by atoms with Crippen LogP contribution in [-0.4, -0.2) is 0 Å². The van der Waals surface area contributed by atoms with Crippen molar-refractivity contribution in [3.63, 3.8) is 0 Å². The molecule has 0 saturated heterocycles. The minimum absolute atomic E-state index is 0.281. The number of hydrogen-bond donors (Lipinski definition) is 0. The van der Waals surface area contributed by atoms with Crippen LogP contribution in [0.3, 0.4) is 0 Å². The molecular weight excluding hydrogens is 287 g/mol. The van der Waals surface area contributed by atoms with Gasteiger partial charge in [0.2, 0.25) is 0 Å². The number of alkyl halides is 1. The molecule has 3 heteroatoms. The van der Waals surface area contributed by atoms with Crippen molar-refractivity contribution in [1.29, 1.82) is 0 Å². The van der Waals surface area contributed by atoms with E-state index in [1.165, 1.54) is 5.56 Å². The standard InChI is InChI=1S/C15H13Cl3/c1-9-3-4-10(2)12(7-9)15(18)13-8-11(16)5-6-14(13)17/h3-8,15H,1-2H3. The predicted octanol–water partition coefficient (Wildman–Crippen LogP) is 5.94. The summed E-state index contributed by atoms with van der Waals surface area (Å²) in [6.07, 6.45) is 0. The Kier molecular flexibility index (Phi) is 4.21. The minimum atomic E-state index is -0.281. The van der Waals surface area contributed by atoms with Crippen LogP contribution in [0.2, 0.25) is 10.0 Å². The quantitative estimate of drug-likeness (QED) is 0.602. The number of aryl methyl sites for hydroxylation is 2. The molecule has 0 aliphatic heterocycles. The molecule has 2 rings (SSSR count). The van der Waals surface area contributed by atoms with E-state index in [0.717, 1.165) is 16.7 Å². The Morgan fingerprint density at radius 1 is 0.889 bits per heavy atom. The Morgan fingerprint density at radius 3 is 2.33 bits per heavy atom. The second-order valence-corrected chi connectivity index (χ2v) is 5.67. The normalized spacial score (nSPS) is 12.5. The zero-order chi connectivity index (χ0) is 13.3. The maximum atomic E-state index is 6.54. The summed E-state index contributed by atoms with van der Waals surface area (Å²) in [5, 5.41) is 1.00. The van der Waals surface area contributed by atoms with Crippen molar-refractivity contribution in [3.8, 4) is 0 Å². The van der Waals surface area contributed by atoms with Crippen molar-refractivity contribution in [1.82, 2.24) is 0 Å². The Bertz CT molecular complexity index is 524. The molecule has 2 aromatic carbocycles. The highest BCUT2D eigenvalue weighted by Crippen LogP contribution is 2.36. The van der Waals surface area contributed by atoms with Gasteiger partial charge in [0.05, 0.1) is 5.38 Å². The van der Waals surface area contributed by atoms with E-state index in [2.05, 4.69) is 18.2 Å². The average molecular weight is 300 g/mol. The summed E-state index contributed by atoms with van der Waals surface area (Å²) in [6, 6.07) is 11.6. The van der Waals surface area contributed by atoms with Gasteiger partial charge in [-0.25, -0.2) is 0 Å². The molecule has 0 aromatic heterocycles. The fraction of sp³-hybridized carbons (Fsp3) is 0.200. The van der Waals surface area contributed by atoms with E-state index in [1.807, 2.05) is 19.9 Å². The fourth-order valence-corrected chi connectivity index (χ4v) is 2.79. The summed E-state index contributed by atoms with van der Waals surface area (Å²) in [7, 11) is 0. The van der Waals surface area contributed by atoms with Crippen LogP contribution in [0.15, 0.2) is 36.4 Å². The molecule has 1 unspecified atom stereocenters. The van der Waals surface area contributed by atoms with Crippen molar-refractivity contribution in [2.45, 2.75) is 19.2 Å². The molecule has 0 amide bonds. The van der Waals surface area contributed by atoms with E-state index < -0.39 is 0 Å². The summed E-state index contributed by atoms with van der Waals surface area (Å²) in [5.41, 5.74) is 4.25.